The van der Waals surface area contributed by atoms with Crippen molar-refractivity contribution >= 4 is 5.91 Å². The van der Waals surface area contributed by atoms with Crippen LogP contribution in [0.1, 0.15) is 33.1 Å². The monoisotopic (exact) mass is 198 g/mol. The molecule has 1 unspecified atom stereocenters. The number of hydrogen-bond acceptors (Lipinski definition) is 2. The van der Waals surface area contributed by atoms with Gasteiger partial charge in [-0.05, 0) is 31.2 Å². The lowest BCUT2D eigenvalue weighted by Gasteiger charge is -2.17. The van der Waals surface area contributed by atoms with Crippen LogP contribution < -0.4 is 5.73 Å². The molecule has 82 valence electrons. The molecule has 1 aliphatic heterocycles. The molecule has 0 aromatic rings. The quantitative estimate of drug-likeness (QED) is 0.675. The molecule has 14 heavy (non-hydrogen) atoms. The zero-order chi connectivity index (χ0) is 10.6. The number of hydrogen-bond donors (Lipinski definition) is 1. The van der Waals surface area contributed by atoms with Gasteiger partial charge in [-0.15, -0.1) is 0 Å². The van der Waals surface area contributed by atoms with E-state index in [2.05, 4.69) is 13.8 Å². The van der Waals surface area contributed by atoms with E-state index in [1.54, 1.807) is 0 Å². The van der Waals surface area contributed by atoms with Crippen LogP contribution in [0.25, 0.3) is 0 Å². The fraction of sp³-hybridized carbons (Fsp3) is 0.909. The Balaban J connectivity index is 2.30. The van der Waals surface area contributed by atoms with Gasteiger partial charge in [0.2, 0.25) is 5.91 Å². The summed E-state index contributed by atoms with van der Waals surface area (Å²) >= 11 is 0. The van der Waals surface area contributed by atoms with Crippen molar-refractivity contribution in [3.8, 4) is 0 Å². The van der Waals surface area contributed by atoms with Crippen LogP contribution in [-0.4, -0.2) is 30.4 Å². The zero-order valence-corrected chi connectivity index (χ0v) is 9.33. The first-order valence-electron chi connectivity index (χ1n) is 5.63. The average molecular weight is 198 g/mol. The molecule has 2 N–H and O–H groups in total. The second-order valence-corrected chi connectivity index (χ2v) is 4.54. The van der Waals surface area contributed by atoms with Gasteiger partial charge in [-0.25, -0.2) is 0 Å². The van der Waals surface area contributed by atoms with Gasteiger partial charge >= 0.3 is 0 Å². The number of likely N-dealkylation sites (tertiary alicyclic amines) is 1. The van der Waals surface area contributed by atoms with E-state index in [1.165, 1.54) is 0 Å². The van der Waals surface area contributed by atoms with Crippen molar-refractivity contribution in [2.45, 2.75) is 33.1 Å². The third-order valence-corrected chi connectivity index (χ3v) is 3.07. The highest BCUT2D eigenvalue weighted by Crippen LogP contribution is 2.24. The van der Waals surface area contributed by atoms with E-state index in [0.717, 1.165) is 38.9 Å². The first kappa shape index (κ1) is 11.5. The summed E-state index contributed by atoms with van der Waals surface area (Å²) in [5.74, 6) is 1.53. The van der Waals surface area contributed by atoms with Gasteiger partial charge in [-0.2, -0.15) is 0 Å². The zero-order valence-electron chi connectivity index (χ0n) is 9.33. The van der Waals surface area contributed by atoms with E-state index in [9.17, 15) is 4.79 Å². The third kappa shape index (κ3) is 2.98. The van der Waals surface area contributed by atoms with Crippen LogP contribution in [0.2, 0.25) is 0 Å². The molecule has 1 heterocycles. The summed E-state index contributed by atoms with van der Waals surface area (Å²) in [6.07, 6.45) is 2.82. The lowest BCUT2D eigenvalue weighted by molar-refractivity contribution is -0.127. The van der Waals surface area contributed by atoms with Gasteiger partial charge in [0.05, 0.1) is 0 Å². The Hall–Kier alpha value is -0.570. The Morgan fingerprint density at radius 3 is 2.71 bits per heavy atom. The molecule has 3 heteroatoms. The van der Waals surface area contributed by atoms with Gasteiger partial charge in [-0.1, -0.05) is 13.8 Å². The van der Waals surface area contributed by atoms with Crippen LogP contribution in [0.3, 0.4) is 0 Å². The van der Waals surface area contributed by atoms with Crippen LogP contribution >= 0.6 is 0 Å². The molecular formula is C11H22N2O. The normalized spacial score (nSPS) is 22.4. The van der Waals surface area contributed by atoms with Crippen molar-refractivity contribution < 1.29 is 4.79 Å². The van der Waals surface area contributed by atoms with Gasteiger partial charge in [0.1, 0.15) is 0 Å². The van der Waals surface area contributed by atoms with Gasteiger partial charge in [0.15, 0.2) is 0 Å². The largest absolute Gasteiger partial charge is 0.342 e. The van der Waals surface area contributed by atoms with Gasteiger partial charge in [0.25, 0.3) is 0 Å². The van der Waals surface area contributed by atoms with Crippen LogP contribution in [0.15, 0.2) is 0 Å². The molecule has 0 bridgehead atoms. The van der Waals surface area contributed by atoms with Crippen LogP contribution in [0, 0.1) is 11.8 Å². The van der Waals surface area contributed by atoms with Gasteiger partial charge in [0, 0.05) is 19.5 Å². The molecule has 0 saturated carbocycles. The van der Waals surface area contributed by atoms with E-state index < -0.39 is 0 Å². The van der Waals surface area contributed by atoms with Crippen molar-refractivity contribution in [3.05, 3.63) is 0 Å². The summed E-state index contributed by atoms with van der Waals surface area (Å²) in [6, 6.07) is 0. The minimum Gasteiger partial charge on any atom is -0.342 e. The number of rotatable bonds is 5. The van der Waals surface area contributed by atoms with E-state index in [1.807, 2.05) is 4.90 Å². The first-order valence-corrected chi connectivity index (χ1v) is 5.63. The number of carbonyl (C=O) groups is 1. The summed E-state index contributed by atoms with van der Waals surface area (Å²) in [5, 5.41) is 0. The highest BCUT2D eigenvalue weighted by molar-refractivity contribution is 5.78. The molecule has 1 atom stereocenters. The number of amides is 1. The lowest BCUT2D eigenvalue weighted by Crippen LogP contribution is -2.27. The molecule has 1 aliphatic rings. The molecule has 1 saturated heterocycles. The topological polar surface area (TPSA) is 46.3 Å². The van der Waals surface area contributed by atoms with Crippen LogP contribution in [0.5, 0.6) is 0 Å². The van der Waals surface area contributed by atoms with Gasteiger partial charge in [-0.3, -0.25) is 4.79 Å². The smallest absolute Gasteiger partial charge is 0.222 e. The first-order chi connectivity index (χ1) is 6.65. The Bertz CT molecular complexity index is 192. The van der Waals surface area contributed by atoms with E-state index >= 15 is 0 Å². The van der Waals surface area contributed by atoms with Gasteiger partial charge < -0.3 is 10.6 Å². The second kappa shape index (κ2) is 5.35. The highest BCUT2D eigenvalue weighted by atomic mass is 16.2. The van der Waals surface area contributed by atoms with Crippen LogP contribution in [-0.2, 0) is 4.79 Å². The summed E-state index contributed by atoms with van der Waals surface area (Å²) < 4.78 is 0. The molecule has 0 aromatic heterocycles. The molecule has 0 aromatic carbocycles. The summed E-state index contributed by atoms with van der Waals surface area (Å²) in [5.41, 5.74) is 5.42. The molecule has 0 spiro atoms. The molecule has 1 amide bonds. The van der Waals surface area contributed by atoms with Crippen LogP contribution in [0.4, 0.5) is 0 Å². The predicted octanol–water partition coefficient (Wildman–Crippen LogP) is 1.23. The van der Waals surface area contributed by atoms with Crippen molar-refractivity contribution in [1.82, 2.24) is 4.90 Å². The minimum atomic E-state index is 0.334. The molecule has 1 fully saturated rings. The highest BCUT2D eigenvalue weighted by Gasteiger charge is 2.30. The maximum Gasteiger partial charge on any atom is 0.222 e. The fourth-order valence-corrected chi connectivity index (χ4v) is 1.91. The van der Waals surface area contributed by atoms with Crippen molar-refractivity contribution in [1.29, 1.82) is 0 Å². The lowest BCUT2D eigenvalue weighted by atomic mass is 9.95. The number of nitrogens with zero attached hydrogens (tertiary/aromatic N) is 1. The van der Waals surface area contributed by atoms with E-state index in [4.69, 9.17) is 5.73 Å². The molecule has 0 radical (unpaired) electrons. The van der Waals surface area contributed by atoms with E-state index in [0.29, 0.717) is 17.7 Å². The van der Waals surface area contributed by atoms with E-state index in [-0.39, 0.29) is 0 Å². The second-order valence-electron chi connectivity index (χ2n) is 4.54. The Kier molecular flexibility index (Phi) is 4.39. The summed E-state index contributed by atoms with van der Waals surface area (Å²) in [7, 11) is 0. The third-order valence-electron chi connectivity index (χ3n) is 3.07. The number of unbranched alkanes of at least 4 members (excludes halogenated alkanes) is 1. The Morgan fingerprint density at radius 1 is 1.50 bits per heavy atom. The standard InChI is InChI=1S/C11H22N2O/c1-9(2)10-7-11(14)13(8-10)6-4-3-5-12/h9-10H,3-8,12H2,1-2H3. The Morgan fingerprint density at radius 2 is 2.21 bits per heavy atom. The molecule has 1 rings (SSSR count). The van der Waals surface area contributed by atoms with Crippen molar-refractivity contribution in [2.24, 2.45) is 17.6 Å². The number of carbonyl (C=O) groups excluding carboxylic acids is 1. The molecule has 3 nitrogen and oxygen atoms in total. The maximum absolute atomic E-state index is 11.6. The molecule has 0 aliphatic carbocycles. The molecular weight excluding hydrogens is 176 g/mol. The Labute approximate surface area is 86.6 Å². The summed E-state index contributed by atoms with van der Waals surface area (Å²) in [6.45, 7) is 6.98. The fourth-order valence-electron chi connectivity index (χ4n) is 1.91. The number of nitrogens with two attached hydrogens (primary N) is 1. The van der Waals surface area contributed by atoms with Crippen molar-refractivity contribution in [3.63, 3.8) is 0 Å². The van der Waals surface area contributed by atoms with Crippen molar-refractivity contribution in [2.75, 3.05) is 19.6 Å². The average Bonchev–Trinajstić information content (AvgIpc) is 2.49. The predicted molar refractivity (Wildman–Crippen MR) is 57.8 cm³/mol. The SMILES string of the molecule is CC(C)C1CC(=O)N(CCCCN)C1. The maximum atomic E-state index is 11.6. The minimum absolute atomic E-state index is 0.334. The summed E-state index contributed by atoms with van der Waals surface area (Å²) in [4.78, 5) is 13.6.